The zero-order chi connectivity index (χ0) is 18.2. The van der Waals surface area contributed by atoms with Crippen molar-refractivity contribution in [1.29, 1.82) is 0 Å². The fourth-order valence-corrected chi connectivity index (χ4v) is 4.05. The summed E-state index contributed by atoms with van der Waals surface area (Å²) in [5, 5.41) is 11.1. The molecule has 2 aromatic carbocycles. The van der Waals surface area contributed by atoms with E-state index in [0.29, 0.717) is 5.69 Å². The quantitative estimate of drug-likeness (QED) is 0.644. The molecule has 0 spiro atoms. The molecule has 128 valence electrons. The number of anilines is 1. The van der Waals surface area contributed by atoms with E-state index in [1.54, 1.807) is 13.8 Å². The van der Waals surface area contributed by atoms with E-state index in [1.807, 2.05) is 19.1 Å². The van der Waals surface area contributed by atoms with Crippen molar-refractivity contribution < 1.29 is 13.3 Å². The maximum absolute atomic E-state index is 12.6. The number of nitrogens with zero attached hydrogens (tertiary/aromatic N) is 1. The Morgan fingerprint density at radius 3 is 2.08 bits per heavy atom. The Kier molecular flexibility index (Phi) is 4.87. The van der Waals surface area contributed by atoms with Gasteiger partial charge < -0.3 is 0 Å². The Hall–Kier alpha value is -2.12. The molecule has 0 radical (unpaired) electrons. The molecule has 0 aliphatic heterocycles. The van der Waals surface area contributed by atoms with E-state index in [2.05, 4.69) is 4.72 Å². The van der Waals surface area contributed by atoms with E-state index < -0.39 is 14.9 Å². The molecule has 0 amide bonds. The van der Waals surface area contributed by atoms with Crippen molar-refractivity contribution in [2.45, 2.75) is 32.6 Å². The normalized spacial score (nSPS) is 11.4. The minimum Gasteiger partial charge on any atom is -0.279 e. The van der Waals surface area contributed by atoms with Gasteiger partial charge in [0.05, 0.1) is 20.5 Å². The standard InChI is InChI=1S/C16H17ClN2O4S/c1-9-5-10(2)16(11(3)6-9)18-24(22,23)13-7-14(17)12(4)15(8-13)19(20)21/h5-8,18H,1-4H3. The molecule has 1 N–H and O–H groups in total. The molecular weight excluding hydrogens is 352 g/mol. The lowest BCUT2D eigenvalue weighted by Gasteiger charge is -2.15. The second-order valence-electron chi connectivity index (χ2n) is 5.69. The van der Waals surface area contributed by atoms with E-state index in [9.17, 15) is 18.5 Å². The van der Waals surface area contributed by atoms with Crippen LogP contribution in [0.15, 0.2) is 29.2 Å². The third kappa shape index (κ3) is 3.52. The van der Waals surface area contributed by atoms with Gasteiger partial charge in [0.2, 0.25) is 0 Å². The fourth-order valence-electron chi connectivity index (χ4n) is 2.52. The Bertz CT molecular complexity index is 916. The molecule has 0 aliphatic rings. The van der Waals surface area contributed by atoms with Crippen LogP contribution in [0.1, 0.15) is 22.3 Å². The lowest BCUT2D eigenvalue weighted by Crippen LogP contribution is -2.15. The average Bonchev–Trinajstić information content (AvgIpc) is 2.45. The predicted molar refractivity (Wildman–Crippen MR) is 94.3 cm³/mol. The first kappa shape index (κ1) is 18.2. The SMILES string of the molecule is Cc1cc(C)c(NS(=O)(=O)c2cc(Cl)c(C)c([N+](=O)[O-])c2)c(C)c1. The van der Waals surface area contributed by atoms with Gasteiger partial charge in [-0.2, -0.15) is 0 Å². The van der Waals surface area contributed by atoms with Gasteiger partial charge in [-0.15, -0.1) is 0 Å². The molecule has 0 saturated carbocycles. The largest absolute Gasteiger partial charge is 0.279 e. The number of rotatable bonds is 4. The zero-order valence-electron chi connectivity index (χ0n) is 13.7. The summed E-state index contributed by atoms with van der Waals surface area (Å²) >= 11 is 5.96. The van der Waals surface area contributed by atoms with Crippen LogP contribution in [0, 0.1) is 37.8 Å². The van der Waals surface area contributed by atoms with Crippen LogP contribution in [-0.2, 0) is 10.0 Å². The van der Waals surface area contributed by atoms with E-state index in [-0.39, 0.29) is 21.2 Å². The first-order chi connectivity index (χ1) is 11.0. The molecule has 0 aliphatic carbocycles. The van der Waals surface area contributed by atoms with E-state index in [4.69, 9.17) is 11.6 Å². The Balaban J connectivity index is 2.55. The molecule has 2 rings (SSSR count). The summed E-state index contributed by atoms with van der Waals surface area (Å²) in [5.41, 5.74) is 2.90. The van der Waals surface area contributed by atoms with E-state index in [1.165, 1.54) is 13.0 Å². The molecule has 0 atom stereocenters. The second-order valence-corrected chi connectivity index (χ2v) is 7.78. The number of nitro benzene ring substituents is 1. The number of hydrogen-bond acceptors (Lipinski definition) is 4. The summed E-state index contributed by atoms with van der Waals surface area (Å²) in [7, 11) is -4.01. The van der Waals surface area contributed by atoms with E-state index in [0.717, 1.165) is 22.8 Å². The van der Waals surface area contributed by atoms with Crippen molar-refractivity contribution in [1.82, 2.24) is 0 Å². The average molecular weight is 369 g/mol. The highest BCUT2D eigenvalue weighted by molar-refractivity contribution is 7.92. The van der Waals surface area contributed by atoms with Crippen molar-refractivity contribution in [3.63, 3.8) is 0 Å². The number of benzene rings is 2. The van der Waals surface area contributed by atoms with Crippen molar-refractivity contribution in [3.8, 4) is 0 Å². The van der Waals surface area contributed by atoms with Crippen molar-refractivity contribution in [2.24, 2.45) is 0 Å². The minimum absolute atomic E-state index is 0.0296. The zero-order valence-corrected chi connectivity index (χ0v) is 15.2. The summed E-state index contributed by atoms with van der Waals surface area (Å²) in [6, 6.07) is 5.94. The van der Waals surface area contributed by atoms with Gasteiger partial charge in [-0.3, -0.25) is 14.8 Å². The van der Waals surface area contributed by atoms with E-state index >= 15 is 0 Å². The highest BCUT2D eigenvalue weighted by Crippen LogP contribution is 2.31. The molecule has 2 aromatic rings. The van der Waals surface area contributed by atoms with Crippen molar-refractivity contribution >= 4 is 33.0 Å². The summed E-state index contributed by atoms with van der Waals surface area (Å²) in [4.78, 5) is 10.2. The van der Waals surface area contributed by atoms with Crippen LogP contribution in [0.3, 0.4) is 0 Å². The maximum atomic E-state index is 12.6. The third-order valence-corrected chi connectivity index (χ3v) is 5.43. The fraction of sp³-hybridized carbons (Fsp3) is 0.250. The molecule has 6 nitrogen and oxygen atoms in total. The first-order valence-corrected chi connectivity index (χ1v) is 8.94. The van der Waals surface area contributed by atoms with Crippen molar-refractivity contribution in [2.75, 3.05) is 4.72 Å². The van der Waals surface area contributed by atoms with Gasteiger partial charge in [-0.1, -0.05) is 29.3 Å². The Labute approximate surface area is 145 Å². The first-order valence-electron chi connectivity index (χ1n) is 7.08. The highest BCUT2D eigenvalue weighted by Gasteiger charge is 2.23. The molecule has 0 heterocycles. The predicted octanol–water partition coefficient (Wildman–Crippen LogP) is 4.28. The number of nitrogens with one attached hydrogen (secondary N) is 1. The number of hydrogen-bond donors (Lipinski definition) is 1. The van der Waals surface area contributed by atoms with Gasteiger partial charge in [0.1, 0.15) is 0 Å². The van der Waals surface area contributed by atoms with Gasteiger partial charge in [0.25, 0.3) is 15.7 Å². The second kappa shape index (κ2) is 6.41. The summed E-state index contributed by atoms with van der Waals surface area (Å²) in [5.74, 6) is 0. The Morgan fingerprint density at radius 1 is 1.04 bits per heavy atom. The van der Waals surface area contributed by atoms with Crippen LogP contribution >= 0.6 is 11.6 Å². The van der Waals surface area contributed by atoms with Gasteiger partial charge in [-0.25, -0.2) is 8.42 Å². The number of nitro groups is 1. The molecule has 0 unspecified atom stereocenters. The summed E-state index contributed by atoms with van der Waals surface area (Å²) in [6.07, 6.45) is 0. The van der Waals surface area contributed by atoms with Crippen LogP contribution in [0.4, 0.5) is 11.4 Å². The smallest absolute Gasteiger partial charge is 0.275 e. The lowest BCUT2D eigenvalue weighted by atomic mass is 10.1. The van der Waals surface area contributed by atoms with Crippen LogP contribution in [-0.4, -0.2) is 13.3 Å². The molecule has 0 aromatic heterocycles. The Morgan fingerprint density at radius 2 is 1.58 bits per heavy atom. The van der Waals surface area contributed by atoms with Crippen molar-refractivity contribution in [3.05, 3.63) is 61.7 Å². The third-order valence-electron chi connectivity index (χ3n) is 3.71. The maximum Gasteiger partial charge on any atom is 0.275 e. The molecule has 24 heavy (non-hydrogen) atoms. The number of sulfonamides is 1. The van der Waals surface area contributed by atoms with Gasteiger partial charge >= 0.3 is 0 Å². The van der Waals surface area contributed by atoms with Crippen LogP contribution in [0.25, 0.3) is 0 Å². The topological polar surface area (TPSA) is 89.3 Å². The lowest BCUT2D eigenvalue weighted by molar-refractivity contribution is -0.385. The van der Waals surface area contributed by atoms with Gasteiger partial charge in [0, 0.05) is 11.6 Å². The minimum atomic E-state index is -4.01. The van der Waals surface area contributed by atoms with Crippen LogP contribution in [0.2, 0.25) is 5.02 Å². The van der Waals surface area contributed by atoms with Crippen LogP contribution in [0.5, 0.6) is 0 Å². The monoisotopic (exact) mass is 368 g/mol. The number of aryl methyl sites for hydroxylation is 3. The van der Waals surface area contributed by atoms with Crippen LogP contribution < -0.4 is 4.72 Å². The number of halogens is 1. The summed E-state index contributed by atoms with van der Waals surface area (Å²) < 4.78 is 27.8. The molecular formula is C16H17ClN2O4S. The molecule has 8 heteroatoms. The van der Waals surface area contributed by atoms with Gasteiger partial charge in [-0.05, 0) is 44.9 Å². The molecule has 0 fully saturated rings. The molecule has 0 saturated heterocycles. The summed E-state index contributed by atoms with van der Waals surface area (Å²) in [6.45, 7) is 6.98. The molecule has 0 bridgehead atoms. The van der Waals surface area contributed by atoms with Gasteiger partial charge in [0.15, 0.2) is 0 Å². The highest BCUT2D eigenvalue weighted by atomic mass is 35.5.